The van der Waals surface area contributed by atoms with E-state index in [-0.39, 0.29) is 6.42 Å². The van der Waals surface area contributed by atoms with E-state index in [0.717, 1.165) is 24.0 Å². The maximum absolute atomic E-state index is 10.6. The molecule has 0 bridgehead atoms. The second-order valence-electron chi connectivity index (χ2n) is 4.44. The molecular weight excluding hydrogens is 204 g/mol. The van der Waals surface area contributed by atoms with Crippen molar-refractivity contribution < 1.29 is 15.0 Å². The molecule has 2 rings (SSSR count). The number of carboxylic acid groups (broad SMARTS) is 1. The molecule has 0 fully saturated rings. The van der Waals surface area contributed by atoms with Gasteiger partial charge < -0.3 is 10.2 Å². The Bertz CT molecular complexity index is 400. The summed E-state index contributed by atoms with van der Waals surface area (Å²) < 4.78 is 0. The second-order valence-corrected chi connectivity index (χ2v) is 4.44. The zero-order valence-electron chi connectivity index (χ0n) is 9.15. The van der Waals surface area contributed by atoms with Gasteiger partial charge in [-0.1, -0.05) is 24.3 Å². The lowest BCUT2D eigenvalue weighted by molar-refractivity contribution is -0.138. The van der Waals surface area contributed by atoms with Crippen LogP contribution in [0.4, 0.5) is 0 Å². The summed E-state index contributed by atoms with van der Waals surface area (Å²) in [7, 11) is 0. The lowest BCUT2D eigenvalue weighted by Gasteiger charge is -2.34. The fourth-order valence-corrected chi connectivity index (χ4v) is 2.47. The maximum atomic E-state index is 10.6. The molecule has 1 unspecified atom stereocenters. The van der Waals surface area contributed by atoms with Crippen molar-refractivity contribution in [2.45, 2.75) is 37.7 Å². The Morgan fingerprint density at radius 3 is 2.88 bits per heavy atom. The summed E-state index contributed by atoms with van der Waals surface area (Å²) in [5.74, 6) is -0.850. The van der Waals surface area contributed by atoms with E-state index in [2.05, 4.69) is 0 Å². The smallest absolute Gasteiger partial charge is 0.303 e. The van der Waals surface area contributed by atoms with Gasteiger partial charge in [0, 0.05) is 6.42 Å². The molecule has 1 atom stereocenters. The third-order valence-corrected chi connectivity index (χ3v) is 3.31. The van der Waals surface area contributed by atoms with Gasteiger partial charge in [0.05, 0.1) is 5.60 Å². The van der Waals surface area contributed by atoms with Gasteiger partial charge in [-0.2, -0.15) is 0 Å². The number of aliphatic carboxylic acids is 1. The molecule has 3 nitrogen and oxygen atoms in total. The van der Waals surface area contributed by atoms with Crippen LogP contribution in [0.1, 0.15) is 36.8 Å². The predicted molar refractivity (Wildman–Crippen MR) is 60.1 cm³/mol. The topological polar surface area (TPSA) is 57.5 Å². The number of fused-ring (bicyclic) bond motifs is 1. The number of aryl methyl sites for hydroxylation is 1. The van der Waals surface area contributed by atoms with Crippen LogP contribution in [-0.2, 0) is 16.8 Å². The van der Waals surface area contributed by atoms with Gasteiger partial charge in [-0.15, -0.1) is 0 Å². The van der Waals surface area contributed by atoms with E-state index in [9.17, 15) is 9.90 Å². The van der Waals surface area contributed by atoms with E-state index in [1.54, 1.807) is 0 Å². The zero-order chi connectivity index (χ0) is 11.6. The van der Waals surface area contributed by atoms with E-state index < -0.39 is 11.6 Å². The molecule has 3 heteroatoms. The maximum Gasteiger partial charge on any atom is 0.303 e. The van der Waals surface area contributed by atoms with Gasteiger partial charge in [0.15, 0.2) is 0 Å². The van der Waals surface area contributed by atoms with Crippen LogP contribution in [0.2, 0.25) is 0 Å². The Kier molecular flexibility index (Phi) is 2.97. The number of carbonyl (C=O) groups is 1. The molecular formula is C13H16O3. The number of hydrogen-bond acceptors (Lipinski definition) is 2. The van der Waals surface area contributed by atoms with E-state index in [1.165, 1.54) is 0 Å². The summed E-state index contributed by atoms with van der Waals surface area (Å²) in [6, 6.07) is 7.79. The molecule has 2 N–H and O–H groups in total. The quantitative estimate of drug-likeness (QED) is 0.819. The van der Waals surface area contributed by atoms with E-state index >= 15 is 0 Å². The number of carboxylic acids is 1. The summed E-state index contributed by atoms with van der Waals surface area (Å²) in [4.78, 5) is 10.6. The molecule has 86 valence electrons. The number of benzene rings is 1. The van der Waals surface area contributed by atoms with Gasteiger partial charge in [-0.05, 0) is 36.8 Å². The fraction of sp³-hybridized carbons (Fsp3) is 0.462. The van der Waals surface area contributed by atoms with Gasteiger partial charge in [0.25, 0.3) is 0 Å². The minimum absolute atomic E-state index is 0.0187. The van der Waals surface area contributed by atoms with Gasteiger partial charge in [-0.3, -0.25) is 4.79 Å². The second kappa shape index (κ2) is 4.26. The number of aliphatic hydroxyl groups is 1. The van der Waals surface area contributed by atoms with Crippen molar-refractivity contribution in [1.29, 1.82) is 0 Å². The van der Waals surface area contributed by atoms with Crippen LogP contribution < -0.4 is 0 Å². The van der Waals surface area contributed by atoms with E-state index in [0.29, 0.717) is 12.8 Å². The SMILES string of the molecule is O=C(O)CCC1(O)CCCc2ccccc21. The van der Waals surface area contributed by atoms with Crippen molar-refractivity contribution in [1.82, 2.24) is 0 Å². The molecule has 1 aromatic carbocycles. The first kappa shape index (κ1) is 11.1. The molecule has 1 aromatic rings. The van der Waals surface area contributed by atoms with Crippen molar-refractivity contribution in [2.75, 3.05) is 0 Å². The predicted octanol–water partition coefficient (Wildman–Crippen LogP) is 2.08. The highest BCUT2D eigenvalue weighted by Gasteiger charge is 2.34. The molecule has 16 heavy (non-hydrogen) atoms. The van der Waals surface area contributed by atoms with Crippen molar-refractivity contribution in [3.63, 3.8) is 0 Å². The summed E-state index contributed by atoms with van der Waals surface area (Å²) in [6.45, 7) is 0. The minimum Gasteiger partial charge on any atom is -0.481 e. The third kappa shape index (κ3) is 2.09. The van der Waals surface area contributed by atoms with E-state index in [1.807, 2.05) is 24.3 Å². The Balaban J connectivity index is 2.25. The van der Waals surface area contributed by atoms with Crippen LogP contribution in [0.25, 0.3) is 0 Å². The summed E-state index contributed by atoms with van der Waals surface area (Å²) in [6.07, 6.45) is 2.89. The van der Waals surface area contributed by atoms with Gasteiger partial charge >= 0.3 is 5.97 Å². The molecule has 0 saturated heterocycles. The first-order valence-electron chi connectivity index (χ1n) is 5.64. The monoisotopic (exact) mass is 220 g/mol. The number of hydrogen-bond donors (Lipinski definition) is 2. The summed E-state index contributed by atoms with van der Waals surface area (Å²) in [5, 5.41) is 19.2. The third-order valence-electron chi connectivity index (χ3n) is 3.31. The molecule has 1 aliphatic rings. The summed E-state index contributed by atoms with van der Waals surface area (Å²) in [5.41, 5.74) is 1.14. The molecule has 0 aromatic heterocycles. The average molecular weight is 220 g/mol. The lowest BCUT2D eigenvalue weighted by atomic mass is 9.77. The Labute approximate surface area is 94.7 Å². The van der Waals surface area contributed by atoms with Crippen LogP contribution in [0.3, 0.4) is 0 Å². The normalized spacial score (nSPS) is 23.8. The molecule has 1 aliphatic carbocycles. The largest absolute Gasteiger partial charge is 0.481 e. The van der Waals surface area contributed by atoms with Gasteiger partial charge in [0.1, 0.15) is 0 Å². The highest BCUT2D eigenvalue weighted by molar-refractivity contribution is 5.66. The highest BCUT2D eigenvalue weighted by atomic mass is 16.4. The Morgan fingerprint density at radius 1 is 1.38 bits per heavy atom. The lowest BCUT2D eigenvalue weighted by Crippen LogP contribution is -2.31. The van der Waals surface area contributed by atoms with Crippen LogP contribution >= 0.6 is 0 Å². The van der Waals surface area contributed by atoms with Crippen molar-refractivity contribution in [2.24, 2.45) is 0 Å². The Morgan fingerprint density at radius 2 is 2.12 bits per heavy atom. The zero-order valence-corrected chi connectivity index (χ0v) is 9.15. The number of rotatable bonds is 3. The highest BCUT2D eigenvalue weighted by Crippen LogP contribution is 2.38. The van der Waals surface area contributed by atoms with Crippen LogP contribution in [0.5, 0.6) is 0 Å². The molecule has 0 aliphatic heterocycles. The average Bonchev–Trinajstić information content (AvgIpc) is 2.27. The van der Waals surface area contributed by atoms with Crippen LogP contribution in [-0.4, -0.2) is 16.2 Å². The summed E-state index contributed by atoms with van der Waals surface area (Å²) >= 11 is 0. The van der Waals surface area contributed by atoms with Gasteiger partial charge in [0.2, 0.25) is 0 Å². The molecule has 0 heterocycles. The fourth-order valence-electron chi connectivity index (χ4n) is 2.47. The van der Waals surface area contributed by atoms with Gasteiger partial charge in [-0.25, -0.2) is 0 Å². The van der Waals surface area contributed by atoms with E-state index in [4.69, 9.17) is 5.11 Å². The van der Waals surface area contributed by atoms with Crippen molar-refractivity contribution >= 4 is 5.97 Å². The first-order valence-corrected chi connectivity index (χ1v) is 5.64. The van der Waals surface area contributed by atoms with Crippen LogP contribution in [0, 0.1) is 0 Å². The molecule has 0 radical (unpaired) electrons. The molecule has 0 amide bonds. The standard InChI is InChI=1S/C13H16O3/c14-12(15)7-9-13(16)8-3-5-10-4-1-2-6-11(10)13/h1-2,4,6,16H,3,5,7-9H2,(H,14,15). The first-order chi connectivity index (χ1) is 7.62. The van der Waals surface area contributed by atoms with Crippen molar-refractivity contribution in [3.05, 3.63) is 35.4 Å². The molecule has 0 spiro atoms. The molecule has 0 saturated carbocycles. The van der Waals surface area contributed by atoms with Crippen molar-refractivity contribution in [3.8, 4) is 0 Å². The Hall–Kier alpha value is -1.35. The minimum atomic E-state index is -0.937. The van der Waals surface area contributed by atoms with Crippen LogP contribution in [0.15, 0.2) is 24.3 Å².